The molecule has 3 aromatic carbocycles. The monoisotopic (exact) mass is 544 g/mol. The van der Waals surface area contributed by atoms with Gasteiger partial charge in [-0.1, -0.05) is 24.3 Å². The number of nitrogen functional groups attached to an aromatic ring is 1. The number of rotatable bonds is 7. The fourth-order valence-corrected chi connectivity index (χ4v) is 5.70. The zero-order chi connectivity index (χ0) is 28.1. The molecule has 0 saturated carbocycles. The molecule has 0 bridgehead atoms. The van der Waals surface area contributed by atoms with Crippen molar-refractivity contribution in [1.82, 2.24) is 14.8 Å². The lowest BCUT2D eigenvalue weighted by Gasteiger charge is -2.30. The van der Waals surface area contributed by atoms with E-state index in [2.05, 4.69) is 10.2 Å². The molecule has 1 atom stereocenters. The van der Waals surface area contributed by atoms with Gasteiger partial charge in [0.05, 0.1) is 16.8 Å². The third-order valence-corrected chi connectivity index (χ3v) is 7.75. The smallest absolute Gasteiger partial charge is 0.256 e. The Morgan fingerprint density at radius 1 is 1.20 bits per heavy atom. The fraction of sp³-hybridized carbons (Fsp3) is 0.333. The maximum atomic E-state index is 16.1. The van der Waals surface area contributed by atoms with Crippen molar-refractivity contribution in [2.45, 2.75) is 25.3 Å². The average molecular weight is 545 g/mol. The van der Waals surface area contributed by atoms with Gasteiger partial charge in [0.15, 0.2) is 17.3 Å². The second-order valence-corrected chi connectivity index (χ2v) is 10.9. The highest BCUT2D eigenvalue weighted by molar-refractivity contribution is 6.06. The third-order valence-electron chi connectivity index (χ3n) is 7.75. The van der Waals surface area contributed by atoms with Gasteiger partial charge < -0.3 is 35.9 Å². The maximum absolute atomic E-state index is 16.1. The lowest BCUT2D eigenvalue weighted by Crippen LogP contribution is -2.32. The number of nitrogens with two attached hydrogens (primary N) is 2. The minimum atomic E-state index is -0.745. The Balaban J connectivity index is 1.55. The van der Waals surface area contributed by atoms with E-state index in [1.807, 2.05) is 55.4 Å². The number of halogens is 1. The predicted molar refractivity (Wildman–Crippen MR) is 156 cm³/mol. The predicted octanol–water partition coefficient (Wildman–Crippen LogP) is 3.58. The van der Waals surface area contributed by atoms with Crippen LogP contribution in [0.4, 0.5) is 15.8 Å². The molecule has 40 heavy (non-hydrogen) atoms. The minimum Gasteiger partial charge on any atom is -0.451 e. The summed E-state index contributed by atoms with van der Waals surface area (Å²) in [6, 6.07) is 11.5. The highest BCUT2D eigenvalue weighted by Gasteiger charge is 2.34. The van der Waals surface area contributed by atoms with Crippen LogP contribution in [0.1, 0.15) is 29.6 Å². The van der Waals surface area contributed by atoms with E-state index in [-0.39, 0.29) is 34.1 Å². The van der Waals surface area contributed by atoms with Gasteiger partial charge in [0.2, 0.25) is 5.43 Å². The summed E-state index contributed by atoms with van der Waals surface area (Å²) in [4.78, 5) is 30.9. The summed E-state index contributed by atoms with van der Waals surface area (Å²) < 4.78 is 24.2. The SMILES string of the molecule is CN(C)CCCCNC(=O)c1cn2c3c(c(N4CC[C@@H](N)C4)c(F)c(N)c3c1=O)Oc1cc3ccccc3cc1-2. The highest BCUT2D eigenvalue weighted by atomic mass is 19.1. The largest absolute Gasteiger partial charge is 0.451 e. The van der Waals surface area contributed by atoms with Crippen LogP contribution < -0.4 is 31.8 Å². The number of carbonyl (C=O) groups is 1. The number of anilines is 2. The average Bonchev–Trinajstić information content (AvgIpc) is 3.36. The van der Waals surface area contributed by atoms with Crippen LogP contribution in [0, 0.1) is 5.82 Å². The second kappa shape index (κ2) is 10.1. The minimum absolute atomic E-state index is 0.0705. The molecule has 3 heterocycles. The number of nitrogens with zero attached hydrogens (tertiary/aromatic N) is 3. The zero-order valence-electron chi connectivity index (χ0n) is 22.7. The second-order valence-electron chi connectivity index (χ2n) is 10.9. The molecule has 5 N–H and O–H groups in total. The topological polar surface area (TPSA) is 119 Å². The third kappa shape index (κ3) is 4.33. The number of amides is 1. The number of unbranched alkanes of at least 4 members (excludes halogenated alkanes) is 1. The van der Waals surface area contributed by atoms with Gasteiger partial charge in [-0.2, -0.15) is 0 Å². The van der Waals surface area contributed by atoms with E-state index >= 15 is 4.39 Å². The Morgan fingerprint density at radius 2 is 1.95 bits per heavy atom. The Morgan fingerprint density at radius 3 is 2.65 bits per heavy atom. The van der Waals surface area contributed by atoms with Crippen molar-refractivity contribution in [3.05, 3.63) is 64.2 Å². The van der Waals surface area contributed by atoms with Crippen LogP contribution in [-0.4, -0.2) is 61.7 Å². The van der Waals surface area contributed by atoms with Crippen molar-refractivity contribution < 1.29 is 13.9 Å². The van der Waals surface area contributed by atoms with Crippen LogP contribution >= 0.6 is 0 Å². The summed E-state index contributed by atoms with van der Waals surface area (Å²) in [5.74, 6) is -0.581. The van der Waals surface area contributed by atoms with Gasteiger partial charge in [0.25, 0.3) is 5.91 Å². The summed E-state index contributed by atoms with van der Waals surface area (Å²) in [6.07, 6.45) is 3.88. The standard InChI is InChI=1S/C30H33FN6O3/c1-35(2)11-6-5-10-34-30(39)20-16-37-21-13-17-7-3-4-8-18(17)14-22(21)40-29-26(37)23(28(20)38)25(33)24(31)27(29)36-12-9-19(32)15-36/h3-4,7-8,13-14,16,19H,5-6,9-12,15,32-33H2,1-2H3,(H,34,39)/t19-/m1/s1. The number of nitrogens with one attached hydrogen (secondary N) is 1. The number of ether oxygens (including phenoxy) is 1. The lowest BCUT2D eigenvalue weighted by atomic mass is 10.0. The Labute approximate surface area is 231 Å². The van der Waals surface area contributed by atoms with E-state index in [1.165, 1.54) is 6.20 Å². The normalized spacial score (nSPS) is 16.0. The molecule has 0 spiro atoms. The van der Waals surface area contributed by atoms with Crippen molar-refractivity contribution in [2.24, 2.45) is 5.73 Å². The van der Waals surface area contributed by atoms with Gasteiger partial charge in [-0.15, -0.1) is 0 Å². The van der Waals surface area contributed by atoms with Crippen LogP contribution in [0.5, 0.6) is 11.5 Å². The molecular formula is C30H33FN6O3. The van der Waals surface area contributed by atoms with Crippen molar-refractivity contribution in [1.29, 1.82) is 0 Å². The molecule has 0 aliphatic carbocycles. The molecule has 1 fully saturated rings. The molecule has 10 heteroatoms. The van der Waals surface area contributed by atoms with Crippen LogP contribution in [0.2, 0.25) is 0 Å². The van der Waals surface area contributed by atoms with Crippen molar-refractivity contribution in [2.75, 3.05) is 50.9 Å². The number of hydrogen-bond acceptors (Lipinski definition) is 7. The number of carbonyl (C=O) groups excluding carboxylic acids is 1. The Bertz CT molecular complexity index is 1720. The quantitative estimate of drug-likeness (QED) is 0.212. The molecule has 4 aromatic rings. The first kappa shape index (κ1) is 26.1. The number of pyridine rings is 1. The number of hydrogen-bond donors (Lipinski definition) is 3. The van der Waals surface area contributed by atoms with Crippen LogP contribution in [0.25, 0.3) is 27.4 Å². The van der Waals surface area contributed by atoms with Gasteiger partial charge >= 0.3 is 0 Å². The first-order valence-electron chi connectivity index (χ1n) is 13.6. The number of aromatic nitrogens is 1. The van der Waals surface area contributed by atoms with Gasteiger partial charge in [-0.3, -0.25) is 9.59 Å². The van der Waals surface area contributed by atoms with E-state index in [0.29, 0.717) is 43.0 Å². The summed E-state index contributed by atoms with van der Waals surface area (Å²) in [5.41, 5.74) is 12.6. The van der Waals surface area contributed by atoms with Gasteiger partial charge in [-0.05, 0) is 62.8 Å². The van der Waals surface area contributed by atoms with E-state index in [1.54, 1.807) is 4.57 Å². The summed E-state index contributed by atoms with van der Waals surface area (Å²) >= 11 is 0. The summed E-state index contributed by atoms with van der Waals surface area (Å²) in [7, 11) is 3.98. The molecule has 0 radical (unpaired) electrons. The van der Waals surface area contributed by atoms with E-state index in [4.69, 9.17) is 16.2 Å². The molecule has 208 valence electrons. The van der Waals surface area contributed by atoms with Crippen molar-refractivity contribution in [3.63, 3.8) is 0 Å². The molecule has 9 nitrogen and oxygen atoms in total. The molecule has 2 aliphatic heterocycles. The lowest BCUT2D eigenvalue weighted by molar-refractivity contribution is 0.0951. The molecular weight excluding hydrogens is 511 g/mol. The Hall–Kier alpha value is -4.15. The fourth-order valence-electron chi connectivity index (χ4n) is 5.70. The molecule has 2 aliphatic rings. The van der Waals surface area contributed by atoms with Gasteiger partial charge in [0.1, 0.15) is 16.8 Å². The first-order valence-corrected chi connectivity index (χ1v) is 13.6. The molecule has 1 saturated heterocycles. The Kier molecular flexibility index (Phi) is 6.59. The summed E-state index contributed by atoms with van der Waals surface area (Å²) in [6.45, 7) is 2.27. The number of fused-ring (bicyclic) bond motifs is 3. The van der Waals surface area contributed by atoms with Gasteiger partial charge in [0, 0.05) is 31.9 Å². The first-order chi connectivity index (χ1) is 19.2. The van der Waals surface area contributed by atoms with E-state index < -0.39 is 17.2 Å². The number of benzene rings is 3. The van der Waals surface area contributed by atoms with E-state index in [9.17, 15) is 9.59 Å². The van der Waals surface area contributed by atoms with Crippen LogP contribution in [0.15, 0.2) is 47.4 Å². The van der Waals surface area contributed by atoms with Crippen molar-refractivity contribution in [3.8, 4) is 17.2 Å². The van der Waals surface area contributed by atoms with Crippen molar-refractivity contribution >= 4 is 39.0 Å². The van der Waals surface area contributed by atoms with E-state index in [0.717, 1.165) is 30.2 Å². The van der Waals surface area contributed by atoms with Crippen LogP contribution in [-0.2, 0) is 0 Å². The highest BCUT2D eigenvalue weighted by Crippen LogP contribution is 2.50. The molecule has 1 aromatic heterocycles. The molecule has 0 unspecified atom stereocenters. The molecule has 1 amide bonds. The zero-order valence-corrected chi connectivity index (χ0v) is 22.7. The summed E-state index contributed by atoms with van der Waals surface area (Å²) in [5, 5.41) is 4.68. The van der Waals surface area contributed by atoms with Gasteiger partial charge in [-0.25, -0.2) is 4.39 Å². The maximum Gasteiger partial charge on any atom is 0.256 e. The molecule has 6 rings (SSSR count). The van der Waals surface area contributed by atoms with Crippen LogP contribution in [0.3, 0.4) is 0 Å².